The molecule has 8 heterocycles. The van der Waals surface area contributed by atoms with E-state index in [4.69, 9.17) is 4.74 Å². The van der Waals surface area contributed by atoms with Crippen molar-refractivity contribution >= 4 is 169 Å². The molecule has 0 bridgehead atoms. The highest BCUT2D eigenvalue weighted by atomic mass is 32.2. The van der Waals surface area contributed by atoms with Crippen LogP contribution in [-0.2, 0) is 48.6 Å². The number of hydrogen-bond acceptors (Lipinski definition) is 28. The number of anilines is 15. The number of ether oxygens (including phenoxy) is 1. The van der Waals surface area contributed by atoms with Crippen molar-refractivity contribution in [2.45, 2.75) is 120 Å². The van der Waals surface area contributed by atoms with Gasteiger partial charge in [0.25, 0.3) is 5.24 Å². The molecule has 3 aromatic heterocycles. The summed E-state index contributed by atoms with van der Waals surface area (Å²) in [7, 11) is -5.70. The summed E-state index contributed by atoms with van der Waals surface area (Å²) in [6.45, 7) is 23.3. The second-order valence-electron chi connectivity index (χ2n) is 29.1. The van der Waals surface area contributed by atoms with E-state index in [1.807, 2.05) is 83.9 Å². The zero-order valence-electron chi connectivity index (χ0n) is 65.0. The van der Waals surface area contributed by atoms with Gasteiger partial charge in [-0.1, -0.05) is 18.7 Å². The first-order valence-corrected chi connectivity index (χ1v) is 42.5. The van der Waals surface area contributed by atoms with Gasteiger partial charge in [-0.3, -0.25) is 19.2 Å². The number of aromatic nitrogens is 6. The van der Waals surface area contributed by atoms with Crippen LogP contribution >= 0.6 is 11.8 Å². The van der Waals surface area contributed by atoms with Gasteiger partial charge in [-0.05, 0) is 160 Å². The lowest BCUT2D eigenvalue weighted by Gasteiger charge is -2.36. The molecule has 600 valence electrons. The van der Waals surface area contributed by atoms with Crippen LogP contribution in [0.4, 0.5) is 106 Å². The molecule has 0 radical (unpaired) electrons. The smallest absolute Gasteiger partial charge is 0.410 e. The summed E-state index contributed by atoms with van der Waals surface area (Å²) in [5.41, 5.74) is 3.21. The first-order chi connectivity index (χ1) is 52.0. The van der Waals surface area contributed by atoms with Crippen LogP contribution in [0.2, 0.25) is 0 Å². The molecule has 5 aliphatic rings. The molecule has 9 N–H and O–H groups in total. The highest BCUT2D eigenvalue weighted by Gasteiger charge is 2.35. The van der Waals surface area contributed by atoms with Crippen LogP contribution in [0.25, 0.3) is 0 Å². The Bertz CT molecular complexity index is 4870. The third-order valence-electron chi connectivity index (χ3n) is 18.1. The zero-order valence-corrected chi connectivity index (χ0v) is 68.2. The maximum Gasteiger partial charge on any atom is 0.410 e. The molecule has 6 aromatic rings. The Balaban J connectivity index is 0.000000194. The summed E-state index contributed by atoms with van der Waals surface area (Å²) < 4.78 is 79.3. The Morgan fingerprint density at radius 2 is 0.883 bits per heavy atom. The minimum atomic E-state index is -3.63. The van der Waals surface area contributed by atoms with Gasteiger partial charge in [0.15, 0.2) is 47.0 Å². The van der Waals surface area contributed by atoms with Crippen molar-refractivity contribution in [1.82, 2.24) is 50.8 Å². The summed E-state index contributed by atoms with van der Waals surface area (Å²) in [6, 6.07) is 12.5. The first kappa shape index (κ1) is 84.6. The molecule has 2 unspecified atom stereocenters. The van der Waals surface area contributed by atoms with E-state index in [2.05, 4.69) is 77.8 Å². The summed E-state index contributed by atoms with van der Waals surface area (Å²) in [6.07, 6.45) is 9.27. The van der Waals surface area contributed by atoms with Crippen molar-refractivity contribution in [3.05, 3.63) is 73.2 Å². The number of likely N-dealkylation sites (N-methyl/N-ethyl adjacent to an activating group) is 3. The Hall–Kier alpha value is -10.5. The van der Waals surface area contributed by atoms with Gasteiger partial charge < -0.3 is 86.9 Å². The van der Waals surface area contributed by atoms with Crippen LogP contribution in [0, 0.1) is 11.8 Å². The van der Waals surface area contributed by atoms with E-state index in [1.54, 1.807) is 56.6 Å². The molecule has 111 heavy (non-hydrogen) atoms. The maximum atomic E-state index is 12.8. The Kier molecular flexibility index (Phi) is 26.9. The molecular weight excluding hydrogens is 1510 g/mol. The van der Waals surface area contributed by atoms with Gasteiger partial charge in [-0.25, -0.2) is 54.6 Å². The number of rotatable bonds is 20. The van der Waals surface area contributed by atoms with E-state index in [0.29, 0.717) is 101 Å². The molecule has 5 aliphatic heterocycles. The Labute approximate surface area is 650 Å². The molecule has 2 fully saturated rings. The van der Waals surface area contributed by atoms with Crippen LogP contribution in [0.5, 0.6) is 0 Å². The summed E-state index contributed by atoms with van der Waals surface area (Å²) in [4.78, 5) is 125. The lowest BCUT2D eigenvalue weighted by Crippen LogP contribution is -2.47. The standard InChI is InChI=1S/C28H40N8O6S.C23H32N8O4S.C20H26N6O4S2/c1-17(2)36-16-23(37)34(6)22-14-29-25(33-24(22)36)31-19-10-20(12-21(11-19)43(7,40)41)32-26(38)30-13-18-8-9-35(15-18)27(39)42-28(3,4)5;1-14(2)31-13-20(32)30(3)19-12-25-22(29-21(19)31)27-16-7-17(9-18(8-16)36(4,34)35)28-23(33)26-11-15-5-6-24-10-15;1-6-31-20(28)23-14-7-13(8-15(9-14)32(5,29)30)22-19-21-10-16-18(24-19)26(12(2)3)11-17(27)25(16)4/h10-12,14,17-18H,8-9,13,15-16H2,1-7H3,(H,29,31,33)(H2,30,32,38);7-9,12,14-15,24H,5-6,10-11,13H2,1-4H3,(H,25,27,29)(H2,26,28,33);7-10,12H,6,11H2,1-5H3,(H,23,28)(H,21,22,24). The van der Waals surface area contributed by atoms with E-state index in [9.17, 15) is 58.8 Å². The molecule has 9 amide bonds. The number of carbonyl (C=O) groups excluding carboxylic acids is 7. The van der Waals surface area contributed by atoms with Crippen molar-refractivity contribution in [3.63, 3.8) is 0 Å². The number of benzene rings is 3. The number of fused-ring (bicyclic) bond motifs is 3. The van der Waals surface area contributed by atoms with Crippen molar-refractivity contribution in [2.24, 2.45) is 11.8 Å². The van der Waals surface area contributed by atoms with Gasteiger partial charge in [0.05, 0.1) is 52.9 Å². The highest BCUT2D eigenvalue weighted by molar-refractivity contribution is 8.13. The topological polar surface area (TPSA) is 439 Å². The number of nitrogens with one attached hydrogen (secondary N) is 9. The number of sulfone groups is 3. The average molecular weight is 1610 g/mol. The van der Waals surface area contributed by atoms with Crippen molar-refractivity contribution < 1.29 is 63.6 Å². The van der Waals surface area contributed by atoms with Gasteiger partial charge in [0, 0.05) is 118 Å². The number of urea groups is 2. The lowest BCUT2D eigenvalue weighted by molar-refractivity contribution is -0.118. The number of carbonyl (C=O) groups is 7. The summed E-state index contributed by atoms with van der Waals surface area (Å²) >= 11 is 1.09. The van der Waals surface area contributed by atoms with Gasteiger partial charge in [-0.2, -0.15) is 15.0 Å². The fraction of sp³-hybridized carbons (Fsp3) is 0.479. The largest absolute Gasteiger partial charge is 0.444 e. The second-order valence-corrected chi connectivity index (χ2v) is 36.4. The minimum absolute atomic E-state index is 0.00615. The third kappa shape index (κ3) is 22.6. The molecule has 36 nitrogen and oxygen atoms in total. The maximum absolute atomic E-state index is 12.8. The molecule has 0 aliphatic carbocycles. The highest BCUT2D eigenvalue weighted by Crippen LogP contribution is 2.38. The van der Waals surface area contributed by atoms with Crippen LogP contribution in [0.3, 0.4) is 0 Å². The van der Waals surface area contributed by atoms with E-state index in [0.717, 1.165) is 56.5 Å². The lowest BCUT2D eigenvalue weighted by atomic mass is 10.1. The van der Waals surface area contributed by atoms with E-state index < -0.39 is 47.2 Å². The Morgan fingerprint density at radius 3 is 1.21 bits per heavy atom. The van der Waals surface area contributed by atoms with Gasteiger partial charge in [-0.15, -0.1) is 0 Å². The van der Waals surface area contributed by atoms with E-state index >= 15 is 0 Å². The summed E-state index contributed by atoms with van der Waals surface area (Å²) in [5.74, 6) is 3.28. The van der Waals surface area contributed by atoms with E-state index in [-0.39, 0.29) is 111 Å². The van der Waals surface area contributed by atoms with Crippen LogP contribution in [0.1, 0.15) is 82.1 Å². The first-order valence-electron chi connectivity index (χ1n) is 35.8. The normalized spacial score (nSPS) is 16.4. The number of nitrogens with zero attached hydrogens (tertiary/aromatic N) is 13. The molecule has 2 saturated heterocycles. The van der Waals surface area contributed by atoms with Crippen LogP contribution in [-0.4, -0.2) is 229 Å². The van der Waals surface area contributed by atoms with Crippen molar-refractivity contribution in [2.75, 3.05) is 166 Å². The zero-order chi connectivity index (χ0) is 81.4. The average Bonchev–Trinajstić information content (AvgIpc) is 1.19. The fourth-order valence-electron chi connectivity index (χ4n) is 12.0. The van der Waals surface area contributed by atoms with Gasteiger partial charge in [0.2, 0.25) is 35.6 Å². The molecule has 11 rings (SSSR count). The SMILES string of the molecule is CC(C)N1CC(=O)N(C)c2cnc(Nc3cc(NC(=O)NCC4CCN(C(=O)OC(C)(C)C)C4)cc(S(C)(=O)=O)c3)nc21.CC(C)N1CC(=O)N(C)c2cnc(Nc3cc(NC(=O)NCC4CCNC4)cc(S(C)(=O)=O)c3)nc21.CCSC(=O)Nc1cc(Nc2ncc3c(n2)N(C(C)C)CC(=O)N3C)cc(S(C)(=O)=O)c1. The molecule has 2 atom stereocenters. The molecule has 0 saturated carbocycles. The fourth-order valence-corrected chi connectivity index (χ4v) is 14.5. The monoisotopic (exact) mass is 1610 g/mol. The Morgan fingerprint density at radius 1 is 0.532 bits per heavy atom. The number of amides is 9. The van der Waals surface area contributed by atoms with Crippen molar-refractivity contribution in [1.29, 1.82) is 0 Å². The van der Waals surface area contributed by atoms with Crippen LogP contribution in [0.15, 0.2) is 87.9 Å². The van der Waals surface area contributed by atoms with E-state index in [1.165, 1.54) is 57.3 Å². The molecule has 40 heteroatoms. The van der Waals surface area contributed by atoms with Gasteiger partial charge >= 0.3 is 18.2 Å². The molecule has 0 spiro atoms. The molecule has 3 aromatic carbocycles. The predicted octanol–water partition coefficient (Wildman–Crippen LogP) is 7.84. The quantitative estimate of drug-likeness (QED) is 0.0351. The van der Waals surface area contributed by atoms with Gasteiger partial charge in [0.1, 0.15) is 22.7 Å². The number of likely N-dealkylation sites (tertiary alicyclic amines) is 1. The second kappa shape index (κ2) is 35.3. The van der Waals surface area contributed by atoms with Crippen molar-refractivity contribution in [3.8, 4) is 0 Å². The summed E-state index contributed by atoms with van der Waals surface area (Å²) in [5, 5.41) is 25.8. The minimum Gasteiger partial charge on any atom is -0.444 e. The third-order valence-corrected chi connectivity index (χ3v) is 22.0. The number of hydrogen-bond donors (Lipinski definition) is 9. The van der Waals surface area contributed by atoms with Crippen LogP contribution < -0.4 is 77.3 Å². The predicted molar refractivity (Wildman–Crippen MR) is 430 cm³/mol. The molecular formula is C71H98N22O14S4. The number of thioether (sulfide) groups is 1.